The van der Waals surface area contributed by atoms with E-state index in [9.17, 15) is 0 Å². The van der Waals surface area contributed by atoms with Crippen molar-refractivity contribution in [2.45, 2.75) is 71.9 Å². The molecule has 2 atom stereocenters. The van der Waals surface area contributed by atoms with Gasteiger partial charge in [0, 0.05) is 18.6 Å². The molecule has 0 amide bonds. The Labute approximate surface area is 114 Å². The lowest BCUT2D eigenvalue weighted by molar-refractivity contribution is 0.0672. The van der Waals surface area contributed by atoms with Crippen molar-refractivity contribution in [2.24, 2.45) is 11.3 Å². The molecule has 106 valence electrons. The van der Waals surface area contributed by atoms with Crippen LogP contribution in [0.15, 0.2) is 0 Å². The second kappa shape index (κ2) is 5.92. The van der Waals surface area contributed by atoms with E-state index in [2.05, 4.69) is 37.9 Å². The van der Waals surface area contributed by atoms with Crippen LogP contribution in [0.1, 0.15) is 59.8 Å². The first-order chi connectivity index (χ1) is 8.49. The van der Waals surface area contributed by atoms with Crippen LogP contribution < -0.4 is 5.32 Å². The highest BCUT2D eigenvalue weighted by molar-refractivity contribution is 4.93. The maximum atomic E-state index is 3.62. The molecule has 1 N–H and O–H groups in total. The smallest absolute Gasteiger partial charge is 0.0146 e. The number of piperidine rings is 1. The Morgan fingerprint density at radius 1 is 1.22 bits per heavy atom. The second-order valence-corrected chi connectivity index (χ2v) is 7.46. The fourth-order valence-corrected chi connectivity index (χ4v) is 3.93. The average molecular weight is 252 g/mol. The van der Waals surface area contributed by atoms with Crippen LogP contribution in [0.4, 0.5) is 0 Å². The number of nitrogens with zero attached hydrogens (tertiary/aromatic N) is 1. The Morgan fingerprint density at radius 2 is 2.00 bits per heavy atom. The fourth-order valence-electron chi connectivity index (χ4n) is 3.93. The van der Waals surface area contributed by atoms with Crippen molar-refractivity contribution in [3.8, 4) is 0 Å². The van der Waals surface area contributed by atoms with Gasteiger partial charge in [0.1, 0.15) is 0 Å². The lowest BCUT2D eigenvalue weighted by Gasteiger charge is -2.42. The van der Waals surface area contributed by atoms with Crippen LogP contribution in [0.25, 0.3) is 0 Å². The second-order valence-electron chi connectivity index (χ2n) is 7.46. The third kappa shape index (κ3) is 3.48. The van der Waals surface area contributed by atoms with E-state index in [0.29, 0.717) is 11.5 Å². The molecule has 0 bridgehead atoms. The summed E-state index contributed by atoms with van der Waals surface area (Å²) in [7, 11) is 0. The first-order valence-corrected chi connectivity index (χ1v) is 7.96. The van der Waals surface area contributed by atoms with Gasteiger partial charge in [0.25, 0.3) is 0 Å². The van der Waals surface area contributed by atoms with E-state index in [0.717, 1.165) is 12.0 Å². The number of hydrogen-bond acceptors (Lipinski definition) is 2. The largest absolute Gasteiger partial charge is 0.314 e. The van der Waals surface area contributed by atoms with Crippen molar-refractivity contribution >= 4 is 0 Å². The number of nitrogens with one attached hydrogen (secondary N) is 1. The van der Waals surface area contributed by atoms with Crippen molar-refractivity contribution < 1.29 is 0 Å². The van der Waals surface area contributed by atoms with Crippen molar-refractivity contribution in [3.63, 3.8) is 0 Å². The fraction of sp³-hybridized carbons (Fsp3) is 1.00. The van der Waals surface area contributed by atoms with E-state index in [1.807, 2.05) is 0 Å². The Kier molecular flexibility index (Phi) is 4.71. The van der Waals surface area contributed by atoms with E-state index in [1.54, 1.807) is 0 Å². The van der Waals surface area contributed by atoms with Gasteiger partial charge in [0.05, 0.1) is 0 Å². The van der Waals surface area contributed by atoms with Gasteiger partial charge in [-0.15, -0.1) is 0 Å². The van der Waals surface area contributed by atoms with Crippen molar-refractivity contribution in [1.29, 1.82) is 0 Å². The first kappa shape index (κ1) is 14.3. The van der Waals surface area contributed by atoms with Crippen LogP contribution in [0, 0.1) is 11.3 Å². The zero-order valence-electron chi connectivity index (χ0n) is 12.8. The third-order valence-electron chi connectivity index (χ3n) is 5.01. The molecule has 2 aliphatic rings. The van der Waals surface area contributed by atoms with Crippen LogP contribution in [-0.2, 0) is 0 Å². The Hall–Kier alpha value is -0.0800. The highest BCUT2D eigenvalue weighted by Crippen LogP contribution is 2.41. The predicted octanol–water partition coefficient (Wildman–Crippen LogP) is 3.28. The normalized spacial score (nSPS) is 33.2. The molecule has 0 aromatic carbocycles. The summed E-state index contributed by atoms with van der Waals surface area (Å²) in [5.74, 6) is 0.873. The van der Waals surface area contributed by atoms with Gasteiger partial charge in [0.15, 0.2) is 0 Å². The van der Waals surface area contributed by atoms with Crippen molar-refractivity contribution in [1.82, 2.24) is 10.2 Å². The Morgan fingerprint density at radius 3 is 2.61 bits per heavy atom. The molecule has 0 radical (unpaired) electrons. The lowest BCUT2D eigenvalue weighted by atomic mass is 9.84. The van der Waals surface area contributed by atoms with Crippen LogP contribution in [0.5, 0.6) is 0 Å². The summed E-state index contributed by atoms with van der Waals surface area (Å²) in [5.41, 5.74) is 0.549. The van der Waals surface area contributed by atoms with E-state index >= 15 is 0 Å². The average Bonchev–Trinajstić information content (AvgIpc) is 2.67. The summed E-state index contributed by atoms with van der Waals surface area (Å²) in [5, 5.41) is 3.62. The predicted molar refractivity (Wildman–Crippen MR) is 78.9 cm³/mol. The van der Waals surface area contributed by atoms with Crippen LogP contribution >= 0.6 is 0 Å². The molecule has 2 heteroatoms. The summed E-state index contributed by atoms with van der Waals surface area (Å²) < 4.78 is 0. The standard InChI is InChI=1S/C16H32N2/c1-13(2)17-11-14-7-6-10-18(12-14)15-8-5-9-16(15,3)4/h13-15,17H,5-12H2,1-4H3. The van der Waals surface area contributed by atoms with Crippen molar-refractivity contribution in [2.75, 3.05) is 19.6 Å². The molecule has 18 heavy (non-hydrogen) atoms. The molecule has 2 unspecified atom stereocenters. The highest BCUT2D eigenvalue weighted by atomic mass is 15.2. The van der Waals surface area contributed by atoms with Crippen molar-refractivity contribution in [3.05, 3.63) is 0 Å². The topological polar surface area (TPSA) is 15.3 Å². The minimum atomic E-state index is 0.549. The van der Waals surface area contributed by atoms with Gasteiger partial charge in [-0.2, -0.15) is 0 Å². The van der Waals surface area contributed by atoms with Gasteiger partial charge in [-0.05, 0) is 50.1 Å². The van der Waals surface area contributed by atoms with Crippen LogP contribution in [0.3, 0.4) is 0 Å². The van der Waals surface area contributed by atoms with Gasteiger partial charge in [-0.1, -0.05) is 34.1 Å². The molecule has 1 saturated carbocycles. The van der Waals surface area contributed by atoms with E-state index in [4.69, 9.17) is 0 Å². The molecule has 2 nitrogen and oxygen atoms in total. The van der Waals surface area contributed by atoms with Crippen LogP contribution in [-0.4, -0.2) is 36.6 Å². The molecule has 2 rings (SSSR count). The van der Waals surface area contributed by atoms with Crippen LogP contribution in [0.2, 0.25) is 0 Å². The van der Waals surface area contributed by atoms with E-state index in [-0.39, 0.29) is 0 Å². The zero-order chi connectivity index (χ0) is 13.2. The van der Waals surface area contributed by atoms with E-state index in [1.165, 1.54) is 51.7 Å². The molecule has 2 fully saturated rings. The molecule has 1 aliphatic heterocycles. The minimum Gasteiger partial charge on any atom is -0.314 e. The maximum Gasteiger partial charge on any atom is 0.0146 e. The lowest BCUT2D eigenvalue weighted by Crippen LogP contribution is -2.49. The molecular weight excluding hydrogens is 220 g/mol. The summed E-state index contributed by atoms with van der Waals surface area (Å²) in [6, 6.07) is 1.47. The number of likely N-dealkylation sites (tertiary alicyclic amines) is 1. The van der Waals surface area contributed by atoms with Gasteiger partial charge >= 0.3 is 0 Å². The SMILES string of the molecule is CC(C)NCC1CCCN(C2CCCC2(C)C)C1. The van der Waals surface area contributed by atoms with Gasteiger partial charge in [0.2, 0.25) is 0 Å². The maximum absolute atomic E-state index is 3.62. The third-order valence-corrected chi connectivity index (χ3v) is 5.01. The molecule has 0 aromatic heterocycles. The Bertz CT molecular complexity index is 260. The minimum absolute atomic E-state index is 0.549. The highest BCUT2D eigenvalue weighted by Gasteiger charge is 2.39. The zero-order valence-corrected chi connectivity index (χ0v) is 12.8. The summed E-state index contributed by atoms with van der Waals surface area (Å²) >= 11 is 0. The summed E-state index contributed by atoms with van der Waals surface area (Å²) in [6.45, 7) is 13.3. The van der Waals surface area contributed by atoms with Gasteiger partial charge in [-0.25, -0.2) is 0 Å². The summed E-state index contributed by atoms with van der Waals surface area (Å²) in [6.07, 6.45) is 7.10. The monoisotopic (exact) mass is 252 g/mol. The molecule has 0 spiro atoms. The Balaban J connectivity index is 1.86. The molecular formula is C16H32N2. The quantitative estimate of drug-likeness (QED) is 0.826. The molecule has 1 aliphatic carbocycles. The molecule has 1 saturated heterocycles. The summed E-state index contributed by atoms with van der Waals surface area (Å²) in [4.78, 5) is 2.81. The van der Waals surface area contributed by atoms with Gasteiger partial charge in [-0.3, -0.25) is 4.90 Å². The number of rotatable bonds is 4. The molecule has 1 heterocycles. The van der Waals surface area contributed by atoms with E-state index < -0.39 is 0 Å². The first-order valence-electron chi connectivity index (χ1n) is 7.96. The van der Waals surface area contributed by atoms with Gasteiger partial charge < -0.3 is 5.32 Å². The molecule has 0 aromatic rings. The number of hydrogen-bond donors (Lipinski definition) is 1.